The number of rotatable bonds is 6. The van der Waals surface area contributed by atoms with Crippen LogP contribution in [0, 0.1) is 0 Å². The second-order valence-electron chi connectivity index (χ2n) is 2.06. The smallest absolute Gasteiger partial charge is 0.229 e. The highest BCUT2D eigenvalue weighted by Gasteiger charge is 2.20. The van der Waals surface area contributed by atoms with Crippen molar-refractivity contribution in [3.8, 4) is 0 Å². The second kappa shape index (κ2) is 6.01. The van der Waals surface area contributed by atoms with E-state index < -0.39 is 7.37 Å². The number of hydrogen-bond acceptors (Lipinski definition) is 3. The fourth-order valence-corrected chi connectivity index (χ4v) is 2.95. The summed E-state index contributed by atoms with van der Waals surface area (Å²) in [4.78, 5) is 0. The molecule has 1 atom stereocenters. The highest BCUT2D eigenvalue weighted by Crippen LogP contribution is 2.46. The predicted octanol–water partition coefficient (Wildman–Crippen LogP) is 2.14. The Bertz CT molecular complexity index is 116. The molecule has 0 radical (unpaired) electrons. The molecular weight excluding hydrogens is 186 g/mol. The van der Waals surface area contributed by atoms with E-state index in [0.717, 1.165) is 0 Å². The molecule has 1 unspecified atom stereocenters. The Kier molecular flexibility index (Phi) is 6.25. The lowest BCUT2D eigenvalue weighted by Crippen LogP contribution is -2.02. The van der Waals surface area contributed by atoms with Crippen molar-refractivity contribution in [1.29, 1.82) is 0 Å². The van der Waals surface area contributed by atoms with Crippen LogP contribution >= 0.6 is 19.0 Å². The summed E-state index contributed by atoms with van der Waals surface area (Å²) in [5.41, 5.74) is 0. The first-order valence-corrected chi connectivity index (χ1v) is 5.99. The summed E-state index contributed by atoms with van der Waals surface area (Å²) in [6.45, 7) is 2.24. The molecule has 68 valence electrons. The van der Waals surface area contributed by atoms with E-state index in [0.29, 0.717) is 18.6 Å². The van der Waals surface area contributed by atoms with E-state index >= 15 is 0 Å². The molecule has 0 heterocycles. The van der Waals surface area contributed by atoms with Gasteiger partial charge in [-0.15, -0.1) is 11.6 Å². The molecule has 0 aromatic rings. The molecule has 0 fully saturated rings. The van der Waals surface area contributed by atoms with Gasteiger partial charge < -0.3 is 9.26 Å². The van der Waals surface area contributed by atoms with Gasteiger partial charge in [-0.1, -0.05) is 0 Å². The monoisotopic (exact) mass is 200 g/mol. The van der Waals surface area contributed by atoms with Crippen LogP contribution in [0.25, 0.3) is 0 Å². The number of hydrogen-bond donors (Lipinski definition) is 0. The van der Waals surface area contributed by atoms with Crippen molar-refractivity contribution in [3.05, 3.63) is 0 Å². The third-order valence-corrected chi connectivity index (χ3v) is 3.85. The van der Waals surface area contributed by atoms with Gasteiger partial charge in [-0.2, -0.15) is 0 Å². The molecule has 11 heavy (non-hydrogen) atoms. The number of methoxy groups -OCH3 is 1. The normalized spacial score (nSPS) is 16.3. The van der Waals surface area contributed by atoms with Crippen molar-refractivity contribution >= 4 is 19.0 Å². The zero-order chi connectivity index (χ0) is 8.74. The Balaban J connectivity index is 3.91. The fourth-order valence-electron chi connectivity index (χ4n) is 0.727. The van der Waals surface area contributed by atoms with Crippen LogP contribution in [0.2, 0.25) is 0 Å². The van der Waals surface area contributed by atoms with Crippen LogP contribution in [-0.2, 0) is 13.8 Å². The van der Waals surface area contributed by atoms with Gasteiger partial charge in [-0.05, 0) is 6.92 Å². The van der Waals surface area contributed by atoms with Gasteiger partial charge in [0, 0.05) is 19.2 Å². The Hall–Kier alpha value is 0.440. The molecule has 0 saturated carbocycles. The van der Waals surface area contributed by atoms with Crippen LogP contribution in [-0.4, -0.2) is 32.1 Å². The minimum absolute atomic E-state index is 0.160. The van der Waals surface area contributed by atoms with E-state index in [4.69, 9.17) is 20.9 Å². The number of ether oxygens (including phenoxy) is 1. The molecule has 0 saturated heterocycles. The third kappa shape index (κ3) is 4.81. The van der Waals surface area contributed by atoms with Crippen molar-refractivity contribution in [2.75, 3.05) is 32.1 Å². The Labute approximate surface area is 72.5 Å². The van der Waals surface area contributed by atoms with E-state index in [-0.39, 0.29) is 6.35 Å². The second-order valence-corrected chi connectivity index (χ2v) is 5.03. The SMILES string of the molecule is CCOP(=O)(CCCl)COC. The van der Waals surface area contributed by atoms with Crippen LogP contribution in [0.4, 0.5) is 0 Å². The molecule has 3 nitrogen and oxygen atoms in total. The van der Waals surface area contributed by atoms with E-state index in [1.165, 1.54) is 7.11 Å². The van der Waals surface area contributed by atoms with Crippen LogP contribution in [0.3, 0.4) is 0 Å². The van der Waals surface area contributed by atoms with E-state index in [9.17, 15) is 4.57 Å². The molecule has 0 aliphatic rings. The summed E-state index contributed by atoms with van der Waals surface area (Å²) in [6, 6.07) is 0. The maximum atomic E-state index is 11.6. The highest BCUT2D eigenvalue weighted by atomic mass is 35.5. The van der Waals surface area contributed by atoms with Crippen molar-refractivity contribution in [2.45, 2.75) is 6.92 Å². The first kappa shape index (κ1) is 11.4. The van der Waals surface area contributed by atoms with E-state index in [1.54, 1.807) is 6.92 Å². The lowest BCUT2D eigenvalue weighted by Gasteiger charge is -2.14. The van der Waals surface area contributed by atoms with Gasteiger partial charge in [0.2, 0.25) is 7.37 Å². The standard InChI is InChI=1S/C6H14ClO3P/c1-3-10-11(8,5-4-7)6-9-2/h3-6H2,1-2H3. The Morgan fingerprint density at radius 2 is 2.18 bits per heavy atom. The van der Waals surface area contributed by atoms with Gasteiger partial charge in [-0.25, -0.2) is 0 Å². The molecule has 0 aliphatic carbocycles. The van der Waals surface area contributed by atoms with Gasteiger partial charge in [0.1, 0.15) is 6.35 Å². The van der Waals surface area contributed by atoms with Gasteiger partial charge in [0.25, 0.3) is 0 Å². The van der Waals surface area contributed by atoms with Crippen molar-refractivity contribution < 1.29 is 13.8 Å². The van der Waals surface area contributed by atoms with Crippen molar-refractivity contribution in [3.63, 3.8) is 0 Å². The van der Waals surface area contributed by atoms with Crippen LogP contribution < -0.4 is 0 Å². The van der Waals surface area contributed by atoms with Crippen molar-refractivity contribution in [1.82, 2.24) is 0 Å². The molecular formula is C6H14ClO3P. The molecule has 0 amide bonds. The summed E-state index contributed by atoms with van der Waals surface area (Å²) < 4.78 is 21.4. The van der Waals surface area contributed by atoms with Crippen LogP contribution in [0.15, 0.2) is 0 Å². The molecule has 0 aromatic carbocycles. The van der Waals surface area contributed by atoms with Crippen LogP contribution in [0.1, 0.15) is 6.92 Å². The Morgan fingerprint density at radius 1 is 1.55 bits per heavy atom. The summed E-state index contributed by atoms with van der Waals surface area (Å²) in [7, 11) is -1.07. The molecule has 0 spiro atoms. The van der Waals surface area contributed by atoms with Crippen LogP contribution in [0.5, 0.6) is 0 Å². The van der Waals surface area contributed by atoms with E-state index in [2.05, 4.69) is 0 Å². The average molecular weight is 201 g/mol. The predicted molar refractivity (Wildman–Crippen MR) is 46.7 cm³/mol. The summed E-state index contributed by atoms with van der Waals surface area (Å²) >= 11 is 5.45. The average Bonchev–Trinajstić information content (AvgIpc) is 1.88. The van der Waals surface area contributed by atoms with Gasteiger partial charge in [-0.3, -0.25) is 4.57 Å². The summed E-state index contributed by atoms with van der Waals surface area (Å²) in [5, 5.41) is 0. The summed E-state index contributed by atoms with van der Waals surface area (Å²) in [6.07, 6.45) is 0.545. The highest BCUT2D eigenvalue weighted by molar-refractivity contribution is 7.58. The zero-order valence-corrected chi connectivity index (χ0v) is 8.53. The van der Waals surface area contributed by atoms with Gasteiger partial charge in [0.15, 0.2) is 0 Å². The lowest BCUT2D eigenvalue weighted by molar-refractivity contribution is 0.223. The summed E-state index contributed by atoms with van der Waals surface area (Å²) in [5.74, 6) is 0.348. The van der Waals surface area contributed by atoms with Gasteiger partial charge >= 0.3 is 0 Å². The van der Waals surface area contributed by atoms with Gasteiger partial charge in [0.05, 0.1) is 6.61 Å². The largest absolute Gasteiger partial charge is 0.375 e. The minimum Gasteiger partial charge on any atom is -0.375 e. The molecule has 0 aliphatic heterocycles. The topological polar surface area (TPSA) is 35.5 Å². The molecule has 0 bridgehead atoms. The zero-order valence-electron chi connectivity index (χ0n) is 6.88. The lowest BCUT2D eigenvalue weighted by atomic mass is 10.9. The number of halogens is 1. The van der Waals surface area contributed by atoms with Crippen molar-refractivity contribution in [2.24, 2.45) is 0 Å². The Morgan fingerprint density at radius 3 is 2.55 bits per heavy atom. The quantitative estimate of drug-likeness (QED) is 0.487. The first-order chi connectivity index (χ1) is 5.18. The maximum absolute atomic E-state index is 11.6. The molecule has 0 N–H and O–H groups in total. The minimum atomic E-state index is -2.57. The molecule has 0 aromatic heterocycles. The third-order valence-electron chi connectivity index (χ3n) is 1.12. The number of alkyl halides is 1. The first-order valence-electron chi connectivity index (χ1n) is 3.46. The van der Waals surface area contributed by atoms with E-state index in [1.807, 2.05) is 0 Å². The molecule has 5 heteroatoms. The molecule has 0 rings (SSSR count). The fraction of sp³-hybridized carbons (Fsp3) is 1.00. The maximum Gasteiger partial charge on any atom is 0.229 e.